The molecule has 2 rings (SSSR count). The highest BCUT2D eigenvalue weighted by Crippen LogP contribution is 2.24. The van der Waals surface area contributed by atoms with Crippen LogP contribution in [0.1, 0.15) is 63.7 Å². The number of aliphatic hydroxyl groups excluding tert-OH is 1. The molecule has 7 nitrogen and oxygen atoms in total. The molecule has 1 aromatic rings. The summed E-state index contributed by atoms with van der Waals surface area (Å²) < 4.78 is 12.4. The van der Waals surface area contributed by atoms with Crippen LogP contribution in [0.15, 0.2) is 27.6 Å². The van der Waals surface area contributed by atoms with Gasteiger partial charge in [-0.15, -0.1) is 0 Å². The number of hydrogen-bond donors (Lipinski definition) is 2. The van der Waals surface area contributed by atoms with Gasteiger partial charge in [0.05, 0.1) is 12.2 Å². The van der Waals surface area contributed by atoms with Crippen molar-refractivity contribution in [3.05, 3.63) is 44.4 Å². The van der Waals surface area contributed by atoms with E-state index in [9.17, 15) is 9.59 Å². The zero-order valence-electron chi connectivity index (χ0n) is 14.8. The minimum atomic E-state index is -0.538. The zero-order chi connectivity index (χ0) is 18.1. The first-order valence-corrected chi connectivity index (χ1v) is 9.04. The number of nitrogens with one attached hydrogen (secondary N) is 1. The van der Waals surface area contributed by atoms with Gasteiger partial charge >= 0.3 is 5.69 Å². The summed E-state index contributed by atoms with van der Waals surface area (Å²) in [6, 6.07) is 0. The zero-order valence-corrected chi connectivity index (χ0v) is 14.8. The van der Waals surface area contributed by atoms with E-state index in [-0.39, 0.29) is 13.2 Å². The molecule has 2 N–H and O–H groups in total. The molecule has 2 heterocycles. The normalized spacial score (nSPS) is 16.7. The lowest BCUT2D eigenvalue weighted by Gasteiger charge is -2.16. The van der Waals surface area contributed by atoms with Gasteiger partial charge in [0.1, 0.15) is 12.4 Å². The Morgan fingerprint density at radius 3 is 2.76 bits per heavy atom. The van der Waals surface area contributed by atoms with Crippen molar-refractivity contribution in [3.63, 3.8) is 0 Å². The van der Waals surface area contributed by atoms with Crippen LogP contribution in [0.25, 0.3) is 0 Å². The van der Waals surface area contributed by atoms with Crippen LogP contribution in [0.4, 0.5) is 0 Å². The van der Waals surface area contributed by atoms with E-state index in [1.807, 2.05) is 0 Å². The lowest BCUT2D eigenvalue weighted by atomic mass is 10.1. The molecule has 0 radical (unpaired) electrons. The molecule has 140 valence electrons. The molecule has 1 unspecified atom stereocenters. The molecule has 0 saturated heterocycles. The number of aromatic nitrogens is 2. The van der Waals surface area contributed by atoms with Crippen molar-refractivity contribution in [3.8, 4) is 0 Å². The van der Waals surface area contributed by atoms with Crippen LogP contribution < -0.4 is 11.2 Å². The Labute approximate surface area is 147 Å². The summed E-state index contributed by atoms with van der Waals surface area (Å²) in [6.45, 7) is 2.75. The predicted molar refractivity (Wildman–Crippen MR) is 94.3 cm³/mol. The van der Waals surface area contributed by atoms with Crippen molar-refractivity contribution in [1.29, 1.82) is 0 Å². The summed E-state index contributed by atoms with van der Waals surface area (Å²) in [4.78, 5) is 26.2. The molecular weight excluding hydrogens is 324 g/mol. The monoisotopic (exact) mass is 352 g/mol. The van der Waals surface area contributed by atoms with Crippen molar-refractivity contribution in [2.45, 2.75) is 64.7 Å². The Balaban J connectivity index is 1.84. The topological polar surface area (TPSA) is 93.6 Å². The molecule has 0 fully saturated rings. The fraction of sp³-hybridized carbons (Fsp3) is 0.667. The minimum absolute atomic E-state index is 0.164. The van der Waals surface area contributed by atoms with Crippen molar-refractivity contribution < 1.29 is 14.6 Å². The third-order valence-electron chi connectivity index (χ3n) is 4.24. The standard InChI is InChI=1S/C18H28N2O5/c1-2-3-4-5-6-7-10-24-13-14-11-20(18(23)19-17(14)22)16-9-8-15(12-21)25-16/h8,11,16,21H,2-7,9-10,12-13H2,1H3,(H,19,22,23). The van der Waals surface area contributed by atoms with Gasteiger partial charge in [0.2, 0.25) is 0 Å². The number of rotatable bonds is 11. The number of hydrogen-bond acceptors (Lipinski definition) is 5. The largest absolute Gasteiger partial charge is 0.472 e. The SMILES string of the molecule is CCCCCCCCOCc1cn(C2CC=C(CO)O2)c(=O)[nH]c1=O. The van der Waals surface area contributed by atoms with Crippen molar-refractivity contribution >= 4 is 0 Å². The third-order valence-corrected chi connectivity index (χ3v) is 4.24. The Kier molecular flexibility index (Phi) is 7.94. The van der Waals surface area contributed by atoms with E-state index in [4.69, 9.17) is 14.6 Å². The molecule has 25 heavy (non-hydrogen) atoms. The molecule has 0 saturated carbocycles. The lowest BCUT2D eigenvalue weighted by Crippen LogP contribution is -2.34. The van der Waals surface area contributed by atoms with Gasteiger partial charge < -0.3 is 14.6 Å². The maximum absolute atomic E-state index is 12.0. The molecule has 1 aliphatic rings. The number of H-pyrrole nitrogens is 1. The molecule has 1 aliphatic heterocycles. The molecule has 0 spiro atoms. The van der Waals surface area contributed by atoms with Crippen molar-refractivity contribution in [1.82, 2.24) is 9.55 Å². The quantitative estimate of drug-likeness (QED) is 0.596. The molecule has 1 aromatic heterocycles. The Hall–Kier alpha value is -1.86. The second-order valence-electron chi connectivity index (χ2n) is 6.28. The van der Waals surface area contributed by atoms with Gasteiger partial charge in [-0.1, -0.05) is 39.0 Å². The van der Waals surface area contributed by atoms with Crippen LogP contribution in [0.3, 0.4) is 0 Å². The number of unbranched alkanes of at least 4 members (excludes halogenated alkanes) is 5. The summed E-state index contributed by atoms with van der Waals surface area (Å²) in [5.41, 5.74) is -0.563. The maximum atomic E-state index is 12.0. The fourth-order valence-corrected chi connectivity index (χ4v) is 2.79. The molecule has 0 aliphatic carbocycles. The minimum Gasteiger partial charge on any atom is -0.472 e. The second kappa shape index (κ2) is 10.2. The van der Waals surface area contributed by atoms with Gasteiger partial charge in [0, 0.05) is 19.2 Å². The molecule has 1 atom stereocenters. The van der Waals surface area contributed by atoms with Crippen molar-refractivity contribution in [2.75, 3.05) is 13.2 Å². The van der Waals surface area contributed by atoms with E-state index in [0.717, 1.165) is 12.8 Å². The fourth-order valence-electron chi connectivity index (χ4n) is 2.79. The molecule has 0 amide bonds. The summed E-state index contributed by atoms with van der Waals surface area (Å²) in [7, 11) is 0. The van der Waals surface area contributed by atoms with Crippen LogP contribution in [0.2, 0.25) is 0 Å². The van der Waals surface area contributed by atoms with Crippen LogP contribution in [0, 0.1) is 0 Å². The molecular formula is C18H28N2O5. The first-order chi connectivity index (χ1) is 12.2. The number of aromatic amines is 1. The number of ether oxygens (including phenoxy) is 2. The van der Waals surface area contributed by atoms with Gasteiger partial charge in [-0.25, -0.2) is 4.79 Å². The highest BCUT2D eigenvalue weighted by atomic mass is 16.5. The summed E-state index contributed by atoms with van der Waals surface area (Å²) in [6.07, 6.45) is 10.2. The lowest BCUT2D eigenvalue weighted by molar-refractivity contribution is 0.0578. The van der Waals surface area contributed by atoms with Crippen LogP contribution in [0.5, 0.6) is 0 Å². The highest BCUT2D eigenvalue weighted by molar-refractivity contribution is 5.06. The summed E-state index contributed by atoms with van der Waals surface area (Å²) >= 11 is 0. The maximum Gasteiger partial charge on any atom is 0.331 e. The molecule has 7 heteroatoms. The van der Waals surface area contributed by atoms with Crippen LogP contribution in [-0.4, -0.2) is 27.9 Å². The van der Waals surface area contributed by atoms with Crippen molar-refractivity contribution in [2.24, 2.45) is 0 Å². The average molecular weight is 352 g/mol. The third kappa shape index (κ3) is 5.86. The number of nitrogens with zero attached hydrogens (tertiary/aromatic N) is 1. The van der Waals surface area contributed by atoms with E-state index in [0.29, 0.717) is 24.4 Å². The second-order valence-corrected chi connectivity index (χ2v) is 6.28. The highest BCUT2D eigenvalue weighted by Gasteiger charge is 2.21. The van der Waals surface area contributed by atoms with Gasteiger partial charge in [-0.2, -0.15) is 0 Å². The first-order valence-electron chi connectivity index (χ1n) is 9.04. The van der Waals surface area contributed by atoms with Gasteiger partial charge in [-0.3, -0.25) is 14.3 Å². The smallest absolute Gasteiger partial charge is 0.331 e. The van der Waals surface area contributed by atoms with E-state index in [2.05, 4.69) is 11.9 Å². The van der Waals surface area contributed by atoms with E-state index < -0.39 is 17.5 Å². The molecule has 0 bridgehead atoms. The number of aliphatic hydroxyl groups is 1. The summed E-state index contributed by atoms with van der Waals surface area (Å²) in [5.74, 6) is 0.434. The van der Waals surface area contributed by atoms with E-state index >= 15 is 0 Å². The van der Waals surface area contributed by atoms with Gasteiger partial charge in [0.15, 0.2) is 6.23 Å². The van der Waals surface area contributed by atoms with E-state index in [1.54, 1.807) is 6.08 Å². The Morgan fingerprint density at radius 1 is 1.28 bits per heavy atom. The predicted octanol–water partition coefficient (Wildman–Crippen LogP) is 2.21. The Morgan fingerprint density at radius 2 is 2.04 bits per heavy atom. The first kappa shape index (κ1) is 19.5. The van der Waals surface area contributed by atoms with Gasteiger partial charge in [0.25, 0.3) is 5.56 Å². The van der Waals surface area contributed by atoms with Crippen LogP contribution >= 0.6 is 0 Å². The van der Waals surface area contributed by atoms with Crippen LogP contribution in [-0.2, 0) is 16.1 Å². The molecule has 0 aromatic carbocycles. The van der Waals surface area contributed by atoms with E-state index in [1.165, 1.54) is 36.4 Å². The average Bonchev–Trinajstić information content (AvgIpc) is 3.07. The summed E-state index contributed by atoms with van der Waals surface area (Å²) in [5, 5.41) is 9.07. The van der Waals surface area contributed by atoms with Gasteiger partial charge in [-0.05, 0) is 12.5 Å². The Bertz CT molecular complexity index is 677.